The minimum atomic E-state index is -3.44. The maximum atomic E-state index is 12.9. The Balaban J connectivity index is 1.59. The summed E-state index contributed by atoms with van der Waals surface area (Å²) in [6.07, 6.45) is 0.768. The van der Waals surface area contributed by atoms with Crippen molar-refractivity contribution in [3.63, 3.8) is 0 Å². The van der Waals surface area contributed by atoms with Gasteiger partial charge in [-0.25, -0.2) is 8.42 Å². The van der Waals surface area contributed by atoms with Crippen molar-refractivity contribution in [2.75, 3.05) is 44.7 Å². The molecule has 2 aliphatic rings. The van der Waals surface area contributed by atoms with Gasteiger partial charge >= 0.3 is 0 Å². The fraction of sp³-hybridized carbons (Fsp3) is 0.400. The van der Waals surface area contributed by atoms with Crippen LogP contribution in [-0.4, -0.2) is 57.4 Å². The molecule has 0 N–H and O–H groups in total. The molecule has 0 saturated carbocycles. The second-order valence-corrected chi connectivity index (χ2v) is 9.04. The van der Waals surface area contributed by atoms with E-state index in [4.69, 9.17) is 0 Å². The average Bonchev–Trinajstić information content (AvgIpc) is 2.68. The van der Waals surface area contributed by atoms with Crippen molar-refractivity contribution in [2.24, 2.45) is 0 Å². The molecule has 0 radical (unpaired) electrons. The number of benzene rings is 2. The molecule has 138 valence electrons. The topological polar surface area (TPSA) is 43.9 Å². The van der Waals surface area contributed by atoms with Gasteiger partial charge in [0.15, 0.2) is 0 Å². The lowest BCUT2D eigenvalue weighted by atomic mass is 9.98. The van der Waals surface area contributed by atoms with Crippen LogP contribution in [-0.2, 0) is 23.0 Å². The van der Waals surface area contributed by atoms with Crippen molar-refractivity contribution >= 4 is 15.7 Å². The van der Waals surface area contributed by atoms with Gasteiger partial charge in [0, 0.05) is 45.0 Å². The lowest BCUT2D eigenvalue weighted by Crippen LogP contribution is -2.45. The number of sulfonamides is 1. The number of anilines is 1. The number of hydrogen-bond donors (Lipinski definition) is 0. The predicted molar refractivity (Wildman–Crippen MR) is 104 cm³/mol. The highest BCUT2D eigenvalue weighted by Gasteiger charge is 2.30. The Morgan fingerprint density at radius 3 is 2.31 bits per heavy atom. The van der Waals surface area contributed by atoms with Gasteiger partial charge in [-0.3, -0.25) is 0 Å². The molecule has 2 aromatic carbocycles. The minimum absolute atomic E-state index is 0.374. The Hall–Kier alpha value is -1.89. The molecule has 4 rings (SSSR count). The Labute approximate surface area is 155 Å². The van der Waals surface area contributed by atoms with Crippen LogP contribution in [0.2, 0.25) is 0 Å². The normalized spacial score (nSPS) is 19.3. The molecular formula is C20H25N3O2S. The van der Waals surface area contributed by atoms with E-state index in [0.717, 1.165) is 38.2 Å². The third kappa shape index (κ3) is 3.24. The van der Waals surface area contributed by atoms with E-state index in [1.165, 1.54) is 11.3 Å². The summed E-state index contributed by atoms with van der Waals surface area (Å²) in [6.45, 7) is 5.18. The lowest BCUT2D eigenvalue weighted by Gasteiger charge is -2.37. The summed E-state index contributed by atoms with van der Waals surface area (Å²) in [5, 5.41) is 0. The summed E-state index contributed by atoms with van der Waals surface area (Å²) in [6, 6.07) is 15.1. The number of likely N-dealkylation sites (N-methyl/N-ethyl adjacent to an activating group) is 1. The van der Waals surface area contributed by atoms with E-state index >= 15 is 0 Å². The van der Waals surface area contributed by atoms with Crippen molar-refractivity contribution < 1.29 is 8.42 Å². The zero-order valence-electron chi connectivity index (χ0n) is 15.1. The first-order chi connectivity index (χ1) is 12.6. The van der Waals surface area contributed by atoms with E-state index in [-0.39, 0.29) is 0 Å². The Bertz CT molecular complexity index is 875. The molecule has 0 unspecified atom stereocenters. The molecule has 0 spiro atoms. The molecule has 1 fully saturated rings. The predicted octanol–water partition coefficient (Wildman–Crippen LogP) is 2.19. The Morgan fingerprint density at radius 1 is 0.846 bits per heavy atom. The Kier molecular flexibility index (Phi) is 4.73. The van der Waals surface area contributed by atoms with Gasteiger partial charge in [-0.2, -0.15) is 4.31 Å². The van der Waals surface area contributed by atoms with Crippen molar-refractivity contribution in [3.8, 4) is 0 Å². The number of fused-ring (bicyclic) bond motifs is 1. The van der Waals surface area contributed by atoms with Crippen LogP contribution >= 0.6 is 0 Å². The molecule has 2 aliphatic heterocycles. The number of nitrogens with zero attached hydrogens (tertiary/aromatic N) is 3. The highest BCUT2D eigenvalue weighted by molar-refractivity contribution is 7.89. The number of rotatable bonds is 3. The minimum Gasteiger partial charge on any atom is -0.369 e. The van der Waals surface area contributed by atoms with Crippen molar-refractivity contribution in [1.82, 2.24) is 9.21 Å². The van der Waals surface area contributed by atoms with Crippen LogP contribution in [0.1, 0.15) is 11.1 Å². The maximum absolute atomic E-state index is 12.9. The summed E-state index contributed by atoms with van der Waals surface area (Å²) in [5.41, 5.74) is 3.73. The third-order valence-corrected chi connectivity index (χ3v) is 7.29. The zero-order valence-corrected chi connectivity index (χ0v) is 16.0. The van der Waals surface area contributed by atoms with E-state index in [0.29, 0.717) is 18.0 Å². The molecule has 2 heterocycles. The van der Waals surface area contributed by atoms with Gasteiger partial charge in [0.25, 0.3) is 0 Å². The summed E-state index contributed by atoms with van der Waals surface area (Å²) >= 11 is 0. The highest BCUT2D eigenvalue weighted by atomic mass is 32.2. The first kappa shape index (κ1) is 17.5. The molecule has 6 heteroatoms. The van der Waals surface area contributed by atoms with Crippen LogP contribution in [0, 0.1) is 0 Å². The zero-order chi connectivity index (χ0) is 18.1. The van der Waals surface area contributed by atoms with Gasteiger partial charge in [-0.1, -0.05) is 30.3 Å². The molecule has 0 bridgehead atoms. The fourth-order valence-corrected chi connectivity index (χ4v) is 5.29. The summed E-state index contributed by atoms with van der Waals surface area (Å²) in [5.74, 6) is 0. The molecule has 5 nitrogen and oxygen atoms in total. The van der Waals surface area contributed by atoms with E-state index in [1.54, 1.807) is 28.6 Å². The molecular weight excluding hydrogens is 346 g/mol. The van der Waals surface area contributed by atoms with Crippen LogP contribution in [0.4, 0.5) is 5.69 Å². The largest absolute Gasteiger partial charge is 0.369 e. The molecule has 2 aromatic rings. The van der Waals surface area contributed by atoms with Crippen molar-refractivity contribution in [3.05, 3.63) is 59.7 Å². The van der Waals surface area contributed by atoms with Gasteiger partial charge in [-0.15, -0.1) is 0 Å². The van der Waals surface area contributed by atoms with Gasteiger partial charge in [0.2, 0.25) is 10.0 Å². The average molecular weight is 372 g/mol. The lowest BCUT2D eigenvalue weighted by molar-refractivity contribution is 0.312. The van der Waals surface area contributed by atoms with E-state index < -0.39 is 10.0 Å². The number of hydrogen-bond acceptors (Lipinski definition) is 4. The van der Waals surface area contributed by atoms with Gasteiger partial charge in [0.05, 0.1) is 4.90 Å². The fourth-order valence-electron chi connectivity index (χ4n) is 3.85. The first-order valence-electron chi connectivity index (χ1n) is 9.15. The second-order valence-electron chi connectivity index (χ2n) is 7.11. The van der Waals surface area contributed by atoms with E-state index in [9.17, 15) is 8.42 Å². The van der Waals surface area contributed by atoms with E-state index in [1.807, 2.05) is 6.07 Å². The van der Waals surface area contributed by atoms with Crippen LogP contribution < -0.4 is 4.90 Å². The van der Waals surface area contributed by atoms with Crippen LogP contribution in [0.25, 0.3) is 0 Å². The van der Waals surface area contributed by atoms with E-state index in [2.05, 4.69) is 35.0 Å². The van der Waals surface area contributed by atoms with Crippen molar-refractivity contribution in [2.45, 2.75) is 17.9 Å². The van der Waals surface area contributed by atoms with Gasteiger partial charge in [-0.05, 0) is 42.8 Å². The molecule has 0 aliphatic carbocycles. The third-order valence-electron chi connectivity index (χ3n) is 5.43. The second kappa shape index (κ2) is 7.02. The van der Waals surface area contributed by atoms with Crippen molar-refractivity contribution in [1.29, 1.82) is 0 Å². The number of piperazine rings is 1. The molecule has 26 heavy (non-hydrogen) atoms. The van der Waals surface area contributed by atoms with Gasteiger partial charge < -0.3 is 9.80 Å². The van der Waals surface area contributed by atoms with Crippen LogP contribution in [0.5, 0.6) is 0 Å². The maximum Gasteiger partial charge on any atom is 0.243 e. The van der Waals surface area contributed by atoms with Gasteiger partial charge in [0.1, 0.15) is 0 Å². The van der Waals surface area contributed by atoms with Crippen LogP contribution in [0.15, 0.2) is 53.4 Å². The first-order valence-corrected chi connectivity index (χ1v) is 10.6. The Morgan fingerprint density at radius 2 is 1.58 bits per heavy atom. The monoisotopic (exact) mass is 371 g/mol. The molecule has 0 atom stereocenters. The quantitative estimate of drug-likeness (QED) is 0.830. The SMILES string of the molecule is CN1CCN(c2cccc3c2CCN(S(=O)(=O)c2ccccc2)C3)CC1. The molecule has 0 aromatic heterocycles. The molecule has 1 saturated heterocycles. The molecule has 0 amide bonds. The highest BCUT2D eigenvalue weighted by Crippen LogP contribution is 2.31. The summed E-state index contributed by atoms with van der Waals surface area (Å²) in [4.78, 5) is 5.17. The summed E-state index contributed by atoms with van der Waals surface area (Å²) in [7, 11) is -1.28. The standard InChI is InChI=1S/C20H25N3O2S/c1-21-12-14-22(15-13-21)20-9-5-6-17-16-23(11-10-19(17)20)26(24,25)18-7-3-2-4-8-18/h2-9H,10-16H2,1H3. The van der Waals surface area contributed by atoms with Crippen LogP contribution in [0.3, 0.4) is 0 Å². The summed E-state index contributed by atoms with van der Waals surface area (Å²) < 4.78 is 27.5. The smallest absolute Gasteiger partial charge is 0.243 e.